The van der Waals surface area contributed by atoms with Crippen molar-refractivity contribution in [1.82, 2.24) is 19.7 Å². The largest absolute Gasteiger partial charge is 0.497 e. The lowest BCUT2D eigenvalue weighted by molar-refractivity contribution is -0.113. The van der Waals surface area contributed by atoms with E-state index in [-0.39, 0.29) is 18.3 Å². The highest BCUT2D eigenvalue weighted by atomic mass is 32.2. The number of anilines is 1. The number of esters is 1. The number of methoxy groups -OCH3 is 1. The van der Waals surface area contributed by atoms with E-state index in [1.807, 2.05) is 35.8 Å². The molecule has 3 rings (SSSR count). The molecule has 0 atom stereocenters. The fraction of sp³-hybridized carbons (Fsp3) is 0.381. The zero-order valence-electron chi connectivity index (χ0n) is 18.4. The highest BCUT2D eigenvalue weighted by molar-refractivity contribution is 7.99. The van der Waals surface area contributed by atoms with Crippen LogP contribution in [0.4, 0.5) is 5.13 Å². The Morgan fingerprint density at radius 1 is 1.19 bits per heavy atom. The first-order chi connectivity index (χ1) is 15.4. The van der Waals surface area contributed by atoms with Gasteiger partial charge in [-0.15, -0.1) is 10.2 Å². The quantitative estimate of drug-likeness (QED) is 0.350. The summed E-state index contributed by atoms with van der Waals surface area (Å²) < 4.78 is 12.2. The van der Waals surface area contributed by atoms with Gasteiger partial charge in [0.1, 0.15) is 16.5 Å². The smallest absolute Gasteiger partial charge is 0.350 e. The monoisotopic (exact) mass is 475 g/mol. The second kappa shape index (κ2) is 11.1. The van der Waals surface area contributed by atoms with Crippen LogP contribution in [0.25, 0.3) is 0 Å². The maximum absolute atomic E-state index is 12.4. The molecule has 1 aromatic carbocycles. The molecule has 0 aliphatic carbocycles. The maximum Gasteiger partial charge on any atom is 0.350 e. The molecule has 0 bridgehead atoms. The first-order valence-corrected chi connectivity index (χ1v) is 11.9. The number of carbonyl (C=O) groups is 2. The van der Waals surface area contributed by atoms with Gasteiger partial charge < -0.3 is 19.4 Å². The number of carbonyl (C=O) groups excluding carboxylic acids is 2. The second-order valence-electron chi connectivity index (χ2n) is 6.66. The van der Waals surface area contributed by atoms with Crippen LogP contribution >= 0.6 is 23.1 Å². The van der Waals surface area contributed by atoms with Crippen LogP contribution in [0.2, 0.25) is 0 Å². The molecule has 9 nitrogen and oxygen atoms in total. The van der Waals surface area contributed by atoms with Gasteiger partial charge in [0.25, 0.3) is 0 Å². The molecule has 0 aliphatic rings. The molecule has 0 aliphatic heterocycles. The summed E-state index contributed by atoms with van der Waals surface area (Å²) in [5.41, 5.74) is 1.63. The number of thiazole rings is 1. The molecule has 1 N–H and O–H groups in total. The van der Waals surface area contributed by atoms with Crippen molar-refractivity contribution in [2.75, 3.05) is 24.8 Å². The van der Waals surface area contributed by atoms with Crippen LogP contribution in [0.5, 0.6) is 5.75 Å². The van der Waals surface area contributed by atoms with E-state index in [1.54, 1.807) is 21.0 Å². The van der Waals surface area contributed by atoms with E-state index in [0.29, 0.717) is 33.8 Å². The van der Waals surface area contributed by atoms with Gasteiger partial charge in [-0.25, -0.2) is 9.78 Å². The highest BCUT2D eigenvalue weighted by Crippen LogP contribution is 2.24. The number of amides is 1. The number of nitrogens with zero attached hydrogens (tertiary/aromatic N) is 4. The topological polar surface area (TPSA) is 108 Å². The lowest BCUT2D eigenvalue weighted by atomic mass is 10.1. The fourth-order valence-corrected chi connectivity index (χ4v) is 4.62. The molecule has 2 aromatic heterocycles. The van der Waals surface area contributed by atoms with E-state index in [2.05, 4.69) is 20.5 Å². The van der Waals surface area contributed by atoms with Crippen molar-refractivity contribution in [3.63, 3.8) is 0 Å². The van der Waals surface area contributed by atoms with Gasteiger partial charge in [0.15, 0.2) is 10.3 Å². The molecular weight excluding hydrogens is 450 g/mol. The van der Waals surface area contributed by atoms with Gasteiger partial charge in [-0.05, 0) is 38.5 Å². The Kier molecular flexibility index (Phi) is 8.23. The number of nitrogens with one attached hydrogen (secondary N) is 1. The highest BCUT2D eigenvalue weighted by Gasteiger charge is 2.18. The van der Waals surface area contributed by atoms with Crippen LogP contribution in [-0.2, 0) is 22.5 Å². The van der Waals surface area contributed by atoms with E-state index in [9.17, 15) is 9.59 Å². The Morgan fingerprint density at radius 2 is 1.94 bits per heavy atom. The molecule has 2 heterocycles. The standard InChI is InChI=1S/C21H25N5O4S2/c1-5-26-16(11-14-7-9-15(29-4)10-8-14)24-25-21(26)31-12-17(27)23-20-22-13(3)18(32-20)19(28)30-6-2/h7-10H,5-6,11-12H2,1-4H3,(H,22,23,27). The first kappa shape index (κ1) is 23.7. The predicted molar refractivity (Wildman–Crippen MR) is 124 cm³/mol. The molecule has 1 amide bonds. The van der Waals surface area contributed by atoms with Gasteiger partial charge in [-0.2, -0.15) is 0 Å². The maximum atomic E-state index is 12.4. The van der Waals surface area contributed by atoms with Crippen molar-refractivity contribution in [3.8, 4) is 5.75 Å². The van der Waals surface area contributed by atoms with Crippen molar-refractivity contribution >= 4 is 40.1 Å². The molecule has 32 heavy (non-hydrogen) atoms. The van der Waals surface area contributed by atoms with Crippen molar-refractivity contribution < 1.29 is 19.1 Å². The van der Waals surface area contributed by atoms with Crippen molar-refractivity contribution in [2.45, 2.75) is 38.9 Å². The average Bonchev–Trinajstić information content (AvgIpc) is 3.35. The Hall–Kier alpha value is -2.92. The SMILES string of the molecule is CCOC(=O)c1sc(NC(=O)CSc2nnc(Cc3ccc(OC)cc3)n2CC)nc1C. The lowest BCUT2D eigenvalue weighted by Gasteiger charge is -2.08. The summed E-state index contributed by atoms with van der Waals surface area (Å²) in [6.07, 6.45) is 0.632. The van der Waals surface area contributed by atoms with E-state index in [0.717, 1.165) is 28.5 Å². The summed E-state index contributed by atoms with van der Waals surface area (Å²) in [5, 5.41) is 12.3. The van der Waals surface area contributed by atoms with Gasteiger partial charge in [-0.3, -0.25) is 4.79 Å². The Bertz CT molecular complexity index is 1080. The third-order valence-electron chi connectivity index (χ3n) is 4.47. The third kappa shape index (κ3) is 5.86. The number of ether oxygens (including phenoxy) is 2. The second-order valence-corrected chi connectivity index (χ2v) is 8.60. The predicted octanol–water partition coefficient (Wildman–Crippen LogP) is 3.57. The zero-order valence-corrected chi connectivity index (χ0v) is 20.0. The minimum atomic E-state index is -0.433. The third-order valence-corrected chi connectivity index (χ3v) is 6.49. The lowest BCUT2D eigenvalue weighted by Crippen LogP contribution is -2.14. The summed E-state index contributed by atoms with van der Waals surface area (Å²) >= 11 is 2.41. The summed E-state index contributed by atoms with van der Waals surface area (Å²) in [7, 11) is 1.64. The Labute approximate surface area is 194 Å². The van der Waals surface area contributed by atoms with Crippen LogP contribution in [0.15, 0.2) is 29.4 Å². The Balaban J connectivity index is 1.60. The average molecular weight is 476 g/mol. The molecule has 0 spiro atoms. The van der Waals surface area contributed by atoms with Gasteiger partial charge >= 0.3 is 5.97 Å². The van der Waals surface area contributed by atoms with Crippen LogP contribution in [0.3, 0.4) is 0 Å². The number of benzene rings is 1. The summed E-state index contributed by atoms with van der Waals surface area (Å²) in [6, 6.07) is 7.81. The van der Waals surface area contributed by atoms with Crippen molar-refractivity contribution in [2.24, 2.45) is 0 Å². The van der Waals surface area contributed by atoms with Crippen molar-refractivity contribution in [1.29, 1.82) is 0 Å². The molecule has 0 radical (unpaired) electrons. The van der Waals surface area contributed by atoms with E-state index in [1.165, 1.54) is 11.8 Å². The number of aryl methyl sites for hydroxylation is 1. The molecule has 0 saturated carbocycles. The van der Waals surface area contributed by atoms with Gasteiger partial charge in [0.2, 0.25) is 5.91 Å². The molecular formula is C21H25N5O4S2. The minimum absolute atomic E-state index is 0.147. The molecule has 11 heteroatoms. The van der Waals surface area contributed by atoms with Gasteiger partial charge in [-0.1, -0.05) is 35.2 Å². The number of thioether (sulfide) groups is 1. The molecule has 0 unspecified atom stereocenters. The normalized spacial score (nSPS) is 10.8. The molecule has 3 aromatic rings. The van der Waals surface area contributed by atoms with Crippen LogP contribution in [-0.4, -0.2) is 51.1 Å². The van der Waals surface area contributed by atoms with E-state index in [4.69, 9.17) is 9.47 Å². The number of rotatable bonds is 10. The van der Waals surface area contributed by atoms with Crippen LogP contribution in [0, 0.1) is 6.92 Å². The summed E-state index contributed by atoms with van der Waals surface area (Å²) in [6.45, 7) is 6.44. The van der Waals surface area contributed by atoms with E-state index >= 15 is 0 Å². The van der Waals surface area contributed by atoms with E-state index < -0.39 is 5.97 Å². The fourth-order valence-electron chi connectivity index (χ4n) is 2.92. The molecule has 0 fully saturated rings. The zero-order chi connectivity index (χ0) is 23.1. The molecule has 170 valence electrons. The number of hydrogen-bond acceptors (Lipinski definition) is 9. The summed E-state index contributed by atoms with van der Waals surface area (Å²) in [4.78, 5) is 29.0. The summed E-state index contributed by atoms with van der Waals surface area (Å²) in [5.74, 6) is 1.11. The minimum Gasteiger partial charge on any atom is -0.497 e. The van der Waals surface area contributed by atoms with Gasteiger partial charge in [0, 0.05) is 13.0 Å². The van der Waals surface area contributed by atoms with Gasteiger partial charge in [0.05, 0.1) is 25.2 Å². The van der Waals surface area contributed by atoms with Crippen LogP contribution < -0.4 is 10.1 Å². The van der Waals surface area contributed by atoms with Crippen molar-refractivity contribution in [3.05, 3.63) is 46.2 Å². The number of hydrogen-bond donors (Lipinski definition) is 1. The molecule has 0 saturated heterocycles. The number of aromatic nitrogens is 4. The Morgan fingerprint density at radius 3 is 2.59 bits per heavy atom. The first-order valence-electron chi connectivity index (χ1n) is 10.1. The van der Waals surface area contributed by atoms with Crippen LogP contribution in [0.1, 0.15) is 40.6 Å².